The second-order valence-electron chi connectivity index (χ2n) is 8.64. The van der Waals surface area contributed by atoms with Crippen molar-refractivity contribution >= 4 is 17.8 Å². The molecule has 2 aliphatic rings. The van der Waals surface area contributed by atoms with Gasteiger partial charge in [0.1, 0.15) is 6.04 Å². The van der Waals surface area contributed by atoms with Crippen LogP contribution < -0.4 is 5.32 Å². The third kappa shape index (κ3) is 3.93. The minimum Gasteiger partial charge on any atom is -0.344 e. The van der Waals surface area contributed by atoms with Crippen LogP contribution >= 0.6 is 0 Å². The number of carbonyl (C=O) groups excluding carboxylic acids is 3. The predicted octanol–water partition coefficient (Wildman–Crippen LogP) is 2.68. The Hall–Kier alpha value is -2.83. The van der Waals surface area contributed by atoms with E-state index in [0.29, 0.717) is 24.2 Å². The summed E-state index contributed by atoms with van der Waals surface area (Å²) in [5.74, 6) is 0.0131. The van der Waals surface area contributed by atoms with E-state index in [0.717, 1.165) is 11.1 Å². The highest BCUT2D eigenvalue weighted by molar-refractivity contribution is 6.03. The first kappa shape index (κ1) is 21.9. The Morgan fingerprint density at radius 1 is 1.23 bits per heavy atom. The summed E-state index contributed by atoms with van der Waals surface area (Å²) in [6.45, 7) is 8.86. The first-order valence-electron chi connectivity index (χ1n) is 10.5. The van der Waals surface area contributed by atoms with Gasteiger partial charge in [-0.2, -0.15) is 0 Å². The van der Waals surface area contributed by atoms with Crippen LogP contribution in [-0.2, 0) is 9.59 Å². The fourth-order valence-corrected chi connectivity index (χ4v) is 4.07. The predicted molar refractivity (Wildman–Crippen MR) is 116 cm³/mol. The third-order valence-corrected chi connectivity index (χ3v) is 6.01. The van der Waals surface area contributed by atoms with E-state index in [1.807, 2.05) is 52.0 Å². The number of hydrogen-bond acceptors (Lipinski definition) is 3. The van der Waals surface area contributed by atoms with Crippen molar-refractivity contribution < 1.29 is 14.4 Å². The molecular weight excluding hydrogens is 380 g/mol. The van der Waals surface area contributed by atoms with Crippen LogP contribution in [0.15, 0.2) is 35.5 Å². The zero-order valence-electron chi connectivity index (χ0n) is 18.7. The van der Waals surface area contributed by atoms with Crippen molar-refractivity contribution in [1.82, 2.24) is 20.0 Å². The lowest BCUT2D eigenvalue weighted by molar-refractivity contribution is -0.142. The molecule has 0 bridgehead atoms. The standard InChI is InChI=1S/C23H32N4O3/c1-7-25(5)21(28)17(12-14(2)3)27-13-18-19(22(27)29)20(24-23(30)26(18)6)16-10-8-15(4)9-11-16/h8-11,14,17,20H,7,12-13H2,1-6H3,(H,24,30). The molecule has 0 aliphatic carbocycles. The average molecular weight is 413 g/mol. The summed E-state index contributed by atoms with van der Waals surface area (Å²) in [6, 6.07) is 6.51. The van der Waals surface area contributed by atoms with Gasteiger partial charge in [-0.15, -0.1) is 0 Å². The minimum atomic E-state index is -0.546. The Kier molecular flexibility index (Phi) is 6.19. The van der Waals surface area contributed by atoms with Crippen molar-refractivity contribution in [1.29, 1.82) is 0 Å². The van der Waals surface area contributed by atoms with Gasteiger partial charge >= 0.3 is 6.03 Å². The van der Waals surface area contributed by atoms with Crippen molar-refractivity contribution in [3.63, 3.8) is 0 Å². The van der Waals surface area contributed by atoms with Gasteiger partial charge in [-0.25, -0.2) is 4.79 Å². The summed E-state index contributed by atoms with van der Waals surface area (Å²) >= 11 is 0. The van der Waals surface area contributed by atoms with E-state index < -0.39 is 12.1 Å². The molecule has 1 aromatic carbocycles. The van der Waals surface area contributed by atoms with E-state index in [1.165, 1.54) is 4.90 Å². The molecule has 2 heterocycles. The zero-order chi connectivity index (χ0) is 22.2. The molecule has 2 aliphatic heterocycles. The van der Waals surface area contributed by atoms with Crippen LogP contribution in [0.2, 0.25) is 0 Å². The lowest BCUT2D eigenvalue weighted by Gasteiger charge is -2.32. The van der Waals surface area contributed by atoms with Gasteiger partial charge in [-0.3, -0.25) is 14.5 Å². The summed E-state index contributed by atoms with van der Waals surface area (Å²) in [5, 5.41) is 2.95. The monoisotopic (exact) mass is 412 g/mol. The van der Waals surface area contributed by atoms with Gasteiger partial charge in [-0.05, 0) is 31.7 Å². The quantitative estimate of drug-likeness (QED) is 0.781. The molecule has 1 aromatic rings. The molecule has 0 saturated heterocycles. The van der Waals surface area contributed by atoms with Crippen LogP contribution in [0.1, 0.15) is 44.4 Å². The first-order valence-corrected chi connectivity index (χ1v) is 10.5. The number of aryl methyl sites for hydroxylation is 1. The molecule has 2 atom stereocenters. The highest BCUT2D eigenvalue weighted by Crippen LogP contribution is 2.37. The van der Waals surface area contributed by atoms with Gasteiger partial charge in [0.05, 0.1) is 23.9 Å². The second kappa shape index (κ2) is 8.50. The maximum Gasteiger partial charge on any atom is 0.322 e. The van der Waals surface area contributed by atoms with Crippen molar-refractivity contribution in [2.75, 3.05) is 27.2 Å². The normalized spacial score (nSPS) is 19.9. The Morgan fingerprint density at radius 2 is 1.87 bits per heavy atom. The number of nitrogens with one attached hydrogen (secondary N) is 1. The number of rotatable bonds is 6. The van der Waals surface area contributed by atoms with E-state index in [4.69, 9.17) is 0 Å². The van der Waals surface area contributed by atoms with Crippen LogP contribution in [0.4, 0.5) is 4.79 Å². The number of carbonyl (C=O) groups is 3. The Balaban J connectivity index is 1.99. The fourth-order valence-electron chi connectivity index (χ4n) is 4.07. The molecule has 0 spiro atoms. The molecule has 7 heteroatoms. The van der Waals surface area contributed by atoms with Gasteiger partial charge < -0.3 is 15.1 Å². The van der Waals surface area contributed by atoms with E-state index in [2.05, 4.69) is 5.32 Å². The Labute approximate surface area is 178 Å². The summed E-state index contributed by atoms with van der Waals surface area (Å²) in [4.78, 5) is 44.1. The molecule has 0 saturated carbocycles. The molecule has 4 amide bonds. The highest BCUT2D eigenvalue weighted by atomic mass is 16.2. The largest absolute Gasteiger partial charge is 0.344 e. The van der Waals surface area contributed by atoms with Crippen LogP contribution in [0.25, 0.3) is 0 Å². The van der Waals surface area contributed by atoms with E-state index in [-0.39, 0.29) is 30.3 Å². The van der Waals surface area contributed by atoms with Gasteiger partial charge in [-0.1, -0.05) is 43.7 Å². The van der Waals surface area contributed by atoms with Gasteiger partial charge in [0, 0.05) is 20.6 Å². The fraction of sp³-hybridized carbons (Fsp3) is 0.522. The zero-order valence-corrected chi connectivity index (χ0v) is 18.7. The molecule has 1 N–H and O–H groups in total. The SMILES string of the molecule is CCN(C)C(=O)C(CC(C)C)N1CC2=C(C1=O)C(c1ccc(C)cc1)NC(=O)N2C. The van der Waals surface area contributed by atoms with E-state index >= 15 is 0 Å². The van der Waals surface area contributed by atoms with E-state index in [1.54, 1.807) is 23.9 Å². The van der Waals surface area contributed by atoms with Crippen molar-refractivity contribution in [3.8, 4) is 0 Å². The molecule has 30 heavy (non-hydrogen) atoms. The third-order valence-electron chi connectivity index (χ3n) is 6.01. The number of hydrogen-bond donors (Lipinski definition) is 1. The number of amides is 4. The molecule has 162 valence electrons. The van der Waals surface area contributed by atoms with Gasteiger partial charge in [0.25, 0.3) is 5.91 Å². The smallest absolute Gasteiger partial charge is 0.322 e. The van der Waals surface area contributed by atoms with Crippen molar-refractivity contribution in [2.45, 2.75) is 46.2 Å². The maximum absolute atomic E-state index is 13.6. The van der Waals surface area contributed by atoms with Crippen LogP contribution in [-0.4, -0.2) is 65.8 Å². The van der Waals surface area contributed by atoms with Crippen molar-refractivity contribution in [3.05, 3.63) is 46.7 Å². The molecule has 2 unspecified atom stereocenters. The Bertz CT molecular complexity index is 875. The van der Waals surface area contributed by atoms with Gasteiger partial charge in [0.15, 0.2) is 0 Å². The summed E-state index contributed by atoms with van der Waals surface area (Å²) < 4.78 is 0. The summed E-state index contributed by atoms with van der Waals surface area (Å²) in [5.41, 5.74) is 3.20. The molecule has 0 aromatic heterocycles. The summed E-state index contributed by atoms with van der Waals surface area (Å²) in [6.07, 6.45) is 0.579. The lowest BCUT2D eigenvalue weighted by Crippen LogP contribution is -2.49. The minimum absolute atomic E-state index is 0.0618. The molecule has 7 nitrogen and oxygen atoms in total. The van der Waals surface area contributed by atoms with Crippen molar-refractivity contribution in [2.24, 2.45) is 5.92 Å². The first-order chi connectivity index (χ1) is 14.1. The average Bonchev–Trinajstić information content (AvgIpc) is 3.05. The number of benzene rings is 1. The molecule has 0 fully saturated rings. The van der Waals surface area contributed by atoms with Gasteiger partial charge in [0.2, 0.25) is 5.91 Å². The lowest BCUT2D eigenvalue weighted by atomic mass is 9.95. The summed E-state index contributed by atoms with van der Waals surface area (Å²) in [7, 11) is 3.43. The molecule has 3 rings (SSSR count). The van der Waals surface area contributed by atoms with Crippen LogP contribution in [0.5, 0.6) is 0 Å². The van der Waals surface area contributed by atoms with Crippen LogP contribution in [0, 0.1) is 12.8 Å². The van der Waals surface area contributed by atoms with Crippen LogP contribution in [0.3, 0.4) is 0 Å². The molecular formula is C23H32N4O3. The topological polar surface area (TPSA) is 73.0 Å². The Morgan fingerprint density at radius 3 is 2.43 bits per heavy atom. The number of urea groups is 1. The molecule has 0 radical (unpaired) electrons. The number of nitrogens with zero attached hydrogens (tertiary/aromatic N) is 3. The highest BCUT2D eigenvalue weighted by Gasteiger charge is 2.46. The van der Waals surface area contributed by atoms with E-state index in [9.17, 15) is 14.4 Å². The number of likely N-dealkylation sites (N-methyl/N-ethyl adjacent to an activating group) is 2. The maximum atomic E-state index is 13.6. The second-order valence-corrected chi connectivity index (χ2v) is 8.64.